The van der Waals surface area contributed by atoms with Crippen LogP contribution in [0.1, 0.15) is 11.1 Å². The number of hydrogen-bond acceptors (Lipinski definition) is 7. The van der Waals surface area contributed by atoms with Gasteiger partial charge in [-0.25, -0.2) is 0 Å². The van der Waals surface area contributed by atoms with E-state index >= 15 is 0 Å². The molecule has 3 rings (SSSR count). The van der Waals surface area contributed by atoms with Crippen molar-refractivity contribution < 1.29 is 33.3 Å². The van der Waals surface area contributed by atoms with E-state index in [0.717, 1.165) is 11.1 Å². The van der Waals surface area contributed by atoms with Crippen LogP contribution in [0.5, 0.6) is 17.2 Å². The predicted octanol–water partition coefficient (Wildman–Crippen LogP) is 4.02. The summed E-state index contributed by atoms with van der Waals surface area (Å²) in [6.07, 6.45) is 0. The van der Waals surface area contributed by atoms with Crippen molar-refractivity contribution in [1.82, 2.24) is 0 Å². The van der Waals surface area contributed by atoms with Gasteiger partial charge in [-0.05, 0) is 11.1 Å². The monoisotopic (exact) mass is 494 g/mol. The van der Waals surface area contributed by atoms with Crippen LogP contribution < -0.4 is 24.8 Å². The van der Waals surface area contributed by atoms with Gasteiger partial charge in [0, 0.05) is 6.07 Å². The number of ether oxygens (including phenoxy) is 5. The van der Waals surface area contributed by atoms with Gasteiger partial charge in [0.15, 0.2) is 11.5 Å². The summed E-state index contributed by atoms with van der Waals surface area (Å²) in [5.41, 5.74) is 2.35. The number of amides is 2. The van der Waals surface area contributed by atoms with Crippen molar-refractivity contribution >= 4 is 23.2 Å². The zero-order valence-electron chi connectivity index (χ0n) is 20.5. The Balaban J connectivity index is 1.72. The fraction of sp³-hybridized carbons (Fsp3) is 0.259. The Kier molecular flexibility index (Phi) is 10.1. The molecule has 3 aromatic rings. The molecule has 9 heteroatoms. The van der Waals surface area contributed by atoms with Crippen molar-refractivity contribution in [2.75, 3.05) is 45.2 Å². The molecule has 0 heterocycles. The van der Waals surface area contributed by atoms with E-state index in [2.05, 4.69) is 10.6 Å². The van der Waals surface area contributed by atoms with Crippen molar-refractivity contribution in [3.05, 3.63) is 77.9 Å². The van der Waals surface area contributed by atoms with Gasteiger partial charge < -0.3 is 34.3 Å². The number of benzene rings is 3. The number of hydrogen-bond donors (Lipinski definition) is 2. The minimum Gasteiger partial charge on any atom is -0.493 e. The molecule has 0 unspecified atom stereocenters. The van der Waals surface area contributed by atoms with Gasteiger partial charge in [0.05, 0.1) is 40.2 Å². The molecule has 190 valence electrons. The lowest BCUT2D eigenvalue weighted by atomic mass is 10.2. The minimum atomic E-state index is -0.438. The van der Waals surface area contributed by atoms with Crippen LogP contribution in [0, 0.1) is 0 Å². The molecule has 0 aliphatic heterocycles. The molecule has 0 saturated carbocycles. The third-order valence-electron chi connectivity index (χ3n) is 5.06. The Morgan fingerprint density at radius 1 is 0.667 bits per heavy atom. The van der Waals surface area contributed by atoms with Crippen molar-refractivity contribution in [1.29, 1.82) is 0 Å². The number of rotatable bonds is 13. The molecule has 0 fully saturated rings. The van der Waals surface area contributed by atoms with Gasteiger partial charge in [0.2, 0.25) is 11.7 Å². The molecule has 0 aliphatic rings. The molecule has 2 N–H and O–H groups in total. The third-order valence-corrected chi connectivity index (χ3v) is 5.06. The zero-order chi connectivity index (χ0) is 25.8. The van der Waals surface area contributed by atoms with Gasteiger partial charge in [0.1, 0.15) is 18.9 Å². The van der Waals surface area contributed by atoms with Crippen LogP contribution in [-0.2, 0) is 32.3 Å². The average molecular weight is 495 g/mol. The molecular formula is C27H30N2O7. The standard InChI is InChI=1S/C27H30N2O7/c1-32-22-14-21(28-23(30)17-35-15-19-10-6-4-7-11-19)25(27(34-3)26(22)33-2)29-24(31)18-36-16-20-12-8-5-9-13-20/h4-14H,15-18H2,1-3H3,(H,28,30)(H,29,31). The molecule has 2 amide bonds. The Morgan fingerprint density at radius 2 is 1.17 bits per heavy atom. The summed E-state index contributed by atoms with van der Waals surface area (Å²) in [4.78, 5) is 25.3. The molecule has 9 nitrogen and oxygen atoms in total. The van der Waals surface area contributed by atoms with Crippen LogP contribution in [0.25, 0.3) is 0 Å². The normalized spacial score (nSPS) is 10.4. The number of carbonyl (C=O) groups is 2. The second kappa shape index (κ2) is 13.7. The first kappa shape index (κ1) is 26.5. The maximum atomic E-state index is 12.7. The van der Waals surface area contributed by atoms with Crippen molar-refractivity contribution in [2.24, 2.45) is 0 Å². The van der Waals surface area contributed by atoms with Gasteiger partial charge in [-0.2, -0.15) is 0 Å². The van der Waals surface area contributed by atoms with Crippen LogP contribution in [0.4, 0.5) is 11.4 Å². The van der Waals surface area contributed by atoms with E-state index in [4.69, 9.17) is 23.7 Å². The fourth-order valence-corrected chi connectivity index (χ4v) is 3.41. The lowest BCUT2D eigenvalue weighted by Crippen LogP contribution is -2.23. The quantitative estimate of drug-likeness (QED) is 0.370. The maximum absolute atomic E-state index is 12.7. The highest BCUT2D eigenvalue weighted by molar-refractivity contribution is 6.03. The summed E-state index contributed by atoms with van der Waals surface area (Å²) in [6.45, 7) is 0.157. The topological polar surface area (TPSA) is 104 Å². The van der Waals surface area contributed by atoms with E-state index < -0.39 is 11.8 Å². The summed E-state index contributed by atoms with van der Waals surface area (Å²) in [5, 5.41) is 5.50. The molecule has 0 atom stereocenters. The number of anilines is 2. The van der Waals surface area contributed by atoms with Gasteiger partial charge in [-0.15, -0.1) is 0 Å². The third kappa shape index (κ3) is 7.46. The van der Waals surface area contributed by atoms with E-state index in [9.17, 15) is 9.59 Å². The first-order valence-electron chi connectivity index (χ1n) is 11.2. The van der Waals surface area contributed by atoms with Gasteiger partial charge in [0.25, 0.3) is 5.91 Å². The predicted molar refractivity (Wildman–Crippen MR) is 136 cm³/mol. The molecule has 0 bridgehead atoms. The lowest BCUT2D eigenvalue weighted by molar-refractivity contribution is -0.121. The van der Waals surface area contributed by atoms with Crippen molar-refractivity contribution in [3.63, 3.8) is 0 Å². The minimum absolute atomic E-state index is 0.189. The van der Waals surface area contributed by atoms with Crippen LogP contribution in [0.15, 0.2) is 66.7 Å². The molecule has 0 saturated heterocycles. The largest absolute Gasteiger partial charge is 0.493 e. The highest BCUT2D eigenvalue weighted by Crippen LogP contribution is 2.47. The molecule has 36 heavy (non-hydrogen) atoms. The zero-order valence-corrected chi connectivity index (χ0v) is 20.5. The van der Waals surface area contributed by atoms with Crippen LogP contribution in [0.3, 0.4) is 0 Å². The lowest BCUT2D eigenvalue weighted by Gasteiger charge is -2.20. The molecule has 3 aromatic carbocycles. The molecule has 0 radical (unpaired) electrons. The Bertz CT molecular complexity index is 1140. The van der Waals surface area contributed by atoms with E-state index in [1.54, 1.807) is 0 Å². The Morgan fingerprint density at radius 3 is 1.64 bits per heavy atom. The smallest absolute Gasteiger partial charge is 0.250 e. The number of carbonyl (C=O) groups excluding carboxylic acids is 2. The van der Waals surface area contributed by atoms with Crippen molar-refractivity contribution in [3.8, 4) is 17.2 Å². The van der Waals surface area contributed by atoms with Crippen LogP contribution in [-0.4, -0.2) is 46.4 Å². The van der Waals surface area contributed by atoms with E-state index in [-0.39, 0.29) is 49.3 Å². The van der Waals surface area contributed by atoms with Gasteiger partial charge >= 0.3 is 0 Å². The fourth-order valence-electron chi connectivity index (χ4n) is 3.41. The van der Waals surface area contributed by atoms with Crippen LogP contribution in [0.2, 0.25) is 0 Å². The molecule has 0 aromatic heterocycles. The highest BCUT2D eigenvalue weighted by Gasteiger charge is 2.23. The number of methoxy groups -OCH3 is 3. The van der Waals surface area contributed by atoms with Crippen molar-refractivity contribution in [2.45, 2.75) is 13.2 Å². The van der Waals surface area contributed by atoms with E-state index in [1.165, 1.54) is 27.4 Å². The second-order valence-electron chi connectivity index (χ2n) is 7.62. The number of nitrogens with one attached hydrogen (secondary N) is 2. The van der Waals surface area contributed by atoms with E-state index in [1.807, 2.05) is 60.7 Å². The maximum Gasteiger partial charge on any atom is 0.250 e. The van der Waals surface area contributed by atoms with E-state index in [0.29, 0.717) is 5.75 Å². The second-order valence-corrected chi connectivity index (χ2v) is 7.62. The van der Waals surface area contributed by atoms with Gasteiger partial charge in [-0.1, -0.05) is 60.7 Å². The summed E-state index contributed by atoms with van der Waals surface area (Å²) in [5.74, 6) is -0.0934. The summed E-state index contributed by atoms with van der Waals surface area (Å²) >= 11 is 0. The average Bonchev–Trinajstić information content (AvgIpc) is 2.90. The van der Waals surface area contributed by atoms with Crippen LogP contribution >= 0.6 is 0 Å². The first-order valence-corrected chi connectivity index (χ1v) is 11.2. The van der Waals surface area contributed by atoms with Gasteiger partial charge in [-0.3, -0.25) is 9.59 Å². The SMILES string of the molecule is COc1cc(NC(=O)COCc2ccccc2)c(NC(=O)COCc2ccccc2)c(OC)c1OC. The summed E-state index contributed by atoms with van der Waals surface area (Å²) < 4.78 is 27.4. The Labute approximate surface area is 210 Å². The summed E-state index contributed by atoms with van der Waals surface area (Å²) in [7, 11) is 4.33. The highest BCUT2D eigenvalue weighted by atomic mass is 16.5. The molecule has 0 spiro atoms. The molecular weight excluding hydrogens is 464 g/mol. The summed E-state index contributed by atoms with van der Waals surface area (Å²) in [6, 6.07) is 20.6. The molecule has 0 aliphatic carbocycles. The first-order chi connectivity index (χ1) is 17.5. The Hall–Kier alpha value is -4.08.